The van der Waals surface area contributed by atoms with Crippen LogP contribution in [0.1, 0.15) is 5.82 Å². The van der Waals surface area contributed by atoms with Gasteiger partial charge < -0.3 is 9.88 Å². The molecule has 3 aromatic heterocycles. The smallest absolute Gasteiger partial charge is 0.197 e. The summed E-state index contributed by atoms with van der Waals surface area (Å²) in [4.78, 5) is 16.8. The molecule has 3 aromatic rings. The zero-order valence-electron chi connectivity index (χ0n) is 11.3. The van der Waals surface area contributed by atoms with Gasteiger partial charge in [-0.25, -0.2) is 19.3 Å². The minimum Gasteiger partial charge on any atom is -0.360 e. The predicted octanol–water partition coefficient (Wildman–Crippen LogP) is 1.93. The first-order valence-corrected chi connectivity index (χ1v) is 8.30. The van der Waals surface area contributed by atoms with E-state index in [4.69, 9.17) is 0 Å². The Hall–Kier alpha value is -1.87. The fourth-order valence-corrected chi connectivity index (χ4v) is 3.42. The number of aromatic amines is 1. The SMILES string of the molecule is CN(C)c1nc(CS(=O)c2nc3cscc3[nH]2)ncc1F. The molecule has 0 aromatic carbocycles. The highest BCUT2D eigenvalue weighted by molar-refractivity contribution is 7.84. The minimum atomic E-state index is -1.40. The van der Waals surface area contributed by atoms with Crippen molar-refractivity contribution in [2.45, 2.75) is 10.9 Å². The number of aromatic nitrogens is 4. The van der Waals surface area contributed by atoms with Crippen LogP contribution < -0.4 is 4.90 Å². The van der Waals surface area contributed by atoms with E-state index in [0.717, 1.165) is 17.2 Å². The normalized spacial score (nSPS) is 12.7. The molecule has 0 saturated heterocycles. The predicted molar refractivity (Wildman–Crippen MR) is 80.4 cm³/mol. The molecule has 0 saturated carbocycles. The lowest BCUT2D eigenvalue weighted by Crippen LogP contribution is -2.15. The van der Waals surface area contributed by atoms with Gasteiger partial charge in [-0.3, -0.25) is 4.21 Å². The number of nitrogens with zero attached hydrogens (tertiary/aromatic N) is 4. The molecule has 21 heavy (non-hydrogen) atoms. The number of hydrogen-bond donors (Lipinski definition) is 1. The molecule has 110 valence electrons. The molecule has 3 rings (SSSR count). The van der Waals surface area contributed by atoms with Crippen molar-refractivity contribution < 1.29 is 8.60 Å². The second kappa shape index (κ2) is 5.49. The fraction of sp³-hybridized carbons (Fsp3) is 0.250. The lowest BCUT2D eigenvalue weighted by Gasteiger charge is -2.12. The molecule has 0 spiro atoms. The Balaban J connectivity index is 1.84. The van der Waals surface area contributed by atoms with Gasteiger partial charge in [0.05, 0.1) is 28.3 Å². The van der Waals surface area contributed by atoms with E-state index in [1.165, 1.54) is 11.3 Å². The molecule has 0 aliphatic carbocycles. The van der Waals surface area contributed by atoms with Crippen LogP contribution in [0.3, 0.4) is 0 Å². The summed E-state index contributed by atoms with van der Waals surface area (Å²) in [5, 5.41) is 4.17. The number of rotatable bonds is 4. The summed E-state index contributed by atoms with van der Waals surface area (Å²) in [6.07, 6.45) is 1.09. The average molecular weight is 325 g/mol. The van der Waals surface area contributed by atoms with E-state index in [0.29, 0.717) is 11.0 Å². The second-order valence-electron chi connectivity index (χ2n) is 4.55. The molecule has 1 N–H and O–H groups in total. The van der Waals surface area contributed by atoms with E-state index < -0.39 is 16.6 Å². The van der Waals surface area contributed by atoms with Crippen molar-refractivity contribution in [2.75, 3.05) is 19.0 Å². The Morgan fingerprint density at radius 1 is 1.38 bits per heavy atom. The van der Waals surface area contributed by atoms with Crippen molar-refractivity contribution >= 4 is 39.0 Å². The van der Waals surface area contributed by atoms with E-state index in [9.17, 15) is 8.60 Å². The quantitative estimate of drug-likeness (QED) is 0.793. The minimum absolute atomic E-state index is 0.0840. The fourth-order valence-electron chi connectivity index (χ4n) is 1.79. The number of fused-ring (bicyclic) bond motifs is 1. The third-order valence-electron chi connectivity index (χ3n) is 2.78. The Kier molecular flexibility index (Phi) is 3.68. The number of halogens is 1. The summed E-state index contributed by atoms with van der Waals surface area (Å²) in [5.74, 6) is 0.0720. The molecular formula is C12H12FN5OS2. The standard InChI is InChI=1S/C12H12FN5OS2/c1-18(2)11-7(13)3-14-10(17-11)6-21(19)12-15-8-4-20-5-9(8)16-12/h3-5H,6H2,1-2H3,(H,15,16). The lowest BCUT2D eigenvalue weighted by molar-refractivity contribution is 0.608. The highest BCUT2D eigenvalue weighted by atomic mass is 32.2. The summed E-state index contributed by atoms with van der Waals surface area (Å²) in [7, 11) is 1.97. The van der Waals surface area contributed by atoms with Gasteiger partial charge in [-0.15, -0.1) is 11.3 Å². The molecule has 0 fully saturated rings. The van der Waals surface area contributed by atoms with Crippen molar-refractivity contribution in [3.05, 3.63) is 28.6 Å². The Morgan fingerprint density at radius 3 is 2.90 bits per heavy atom. The first-order valence-electron chi connectivity index (χ1n) is 6.03. The van der Waals surface area contributed by atoms with Crippen LogP contribution in [-0.4, -0.2) is 38.2 Å². The largest absolute Gasteiger partial charge is 0.360 e. The molecule has 9 heteroatoms. The van der Waals surface area contributed by atoms with E-state index in [1.54, 1.807) is 19.0 Å². The molecule has 0 aliphatic heterocycles. The van der Waals surface area contributed by atoms with Gasteiger partial charge in [0.1, 0.15) is 11.3 Å². The van der Waals surface area contributed by atoms with Crippen LogP contribution in [0.25, 0.3) is 11.0 Å². The van der Waals surface area contributed by atoms with Gasteiger partial charge in [-0.05, 0) is 0 Å². The number of anilines is 1. The molecule has 0 amide bonds. The van der Waals surface area contributed by atoms with Crippen molar-refractivity contribution in [1.29, 1.82) is 0 Å². The van der Waals surface area contributed by atoms with Crippen LogP contribution in [0.4, 0.5) is 10.2 Å². The summed E-state index contributed by atoms with van der Waals surface area (Å²) in [6.45, 7) is 0. The molecule has 0 radical (unpaired) electrons. The van der Waals surface area contributed by atoms with Crippen LogP contribution in [0.5, 0.6) is 0 Å². The Bertz CT molecular complexity index is 784. The van der Waals surface area contributed by atoms with Crippen LogP contribution in [0, 0.1) is 5.82 Å². The number of thiophene rings is 1. The van der Waals surface area contributed by atoms with Crippen molar-refractivity contribution in [3.63, 3.8) is 0 Å². The maximum atomic E-state index is 13.5. The molecular weight excluding hydrogens is 313 g/mol. The topological polar surface area (TPSA) is 74.8 Å². The zero-order chi connectivity index (χ0) is 15.0. The Morgan fingerprint density at radius 2 is 2.19 bits per heavy atom. The van der Waals surface area contributed by atoms with Crippen LogP contribution in [0.2, 0.25) is 0 Å². The van der Waals surface area contributed by atoms with Crippen molar-refractivity contribution in [3.8, 4) is 0 Å². The zero-order valence-corrected chi connectivity index (χ0v) is 13.0. The van der Waals surface area contributed by atoms with E-state index in [2.05, 4.69) is 19.9 Å². The Labute approximate surface area is 126 Å². The molecule has 1 unspecified atom stereocenters. The molecule has 1 atom stereocenters. The van der Waals surface area contributed by atoms with Gasteiger partial charge in [0.15, 0.2) is 16.8 Å². The van der Waals surface area contributed by atoms with Crippen LogP contribution in [0.15, 0.2) is 22.1 Å². The number of hydrogen-bond acceptors (Lipinski definition) is 6. The number of H-pyrrole nitrogens is 1. The van der Waals surface area contributed by atoms with Crippen LogP contribution in [-0.2, 0) is 16.6 Å². The third-order valence-corrected chi connectivity index (χ3v) is 4.66. The molecule has 3 heterocycles. The molecule has 0 bridgehead atoms. The highest BCUT2D eigenvalue weighted by Crippen LogP contribution is 2.19. The highest BCUT2D eigenvalue weighted by Gasteiger charge is 2.15. The first-order chi connectivity index (χ1) is 10.0. The maximum absolute atomic E-state index is 13.5. The van der Waals surface area contributed by atoms with Gasteiger partial charge in [0.2, 0.25) is 0 Å². The van der Waals surface area contributed by atoms with E-state index >= 15 is 0 Å². The van der Waals surface area contributed by atoms with Gasteiger partial charge >= 0.3 is 0 Å². The van der Waals surface area contributed by atoms with Gasteiger partial charge in [-0.2, -0.15) is 0 Å². The monoisotopic (exact) mass is 325 g/mol. The van der Waals surface area contributed by atoms with Crippen molar-refractivity contribution in [2.24, 2.45) is 0 Å². The van der Waals surface area contributed by atoms with Crippen LogP contribution >= 0.6 is 11.3 Å². The summed E-state index contributed by atoms with van der Waals surface area (Å²) in [5.41, 5.74) is 1.65. The van der Waals surface area contributed by atoms with Crippen molar-refractivity contribution in [1.82, 2.24) is 19.9 Å². The summed E-state index contributed by atoms with van der Waals surface area (Å²) in [6, 6.07) is 0. The van der Waals surface area contributed by atoms with E-state index in [1.807, 2.05) is 10.8 Å². The summed E-state index contributed by atoms with van der Waals surface area (Å²) >= 11 is 1.53. The number of nitrogens with one attached hydrogen (secondary N) is 1. The molecule has 0 aliphatic rings. The van der Waals surface area contributed by atoms with Gasteiger partial charge in [0, 0.05) is 24.9 Å². The maximum Gasteiger partial charge on any atom is 0.197 e. The molecule has 6 nitrogen and oxygen atoms in total. The summed E-state index contributed by atoms with van der Waals surface area (Å²) < 4.78 is 25.8. The lowest BCUT2D eigenvalue weighted by atomic mass is 10.5. The number of imidazole rings is 1. The van der Waals surface area contributed by atoms with E-state index in [-0.39, 0.29) is 11.6 Å². The third kappa shape index (κ3) is 2.79. The average Bonchev–Trinajstić information content (AvgIpc) is 3.01. The first kappa shape index (κ1) is 14.1. The second-order valence-corrected chi connectivity index (χ2v) is 6.66. The van der Waals surface area contributed by atoms with Gasteiger partial charge in [0.25, 0.3) is 0 Å². The van der Waals surface area contributed by atoms with Gasteiger partial charge in [-0.1, -0.05) is 0 Å².